The van der Waals surface area contributed by atoms with Gasteiger partial charge in [-0.3, -0.25) is 0 Å². The Morgan fingerprint density at radius 2 is 2.24 bits per heavy atom. The van der Waals surface area contributed by atoms with Gasteiger partial charge in [-0.15, -0.1) is 0 Å². The fourth-order valence-electron chi connectivity index (χ4n) is 1.67. The van der Waals surface area contributed by atoms with Crippen molar-refractivity contribution in [1.29, 1.82) is 0 Å². The van der Waals surface area contributed by atoms with E-state index in [1.165, 1.54) is 18.9 Å². The summed E-state index contributed by atoms with van der Waals surface area (Å²) in [6.07, 6.45) is 2.60. The molecule has 0 saturated heterocycles. The van der Waals surface area contributed by atoms with E-state index in [4.69, 9.17) is 0 Å². The monoisotopic (exact) mass is 300 g/mol. The molecule has 1 saturated carbocycles. The molecule has 2 N–H and O–H groups in total. The smallest absolute Gasteiger partial charge is 0.127 e. The molecule has 1 aromatic carbocycles. The molecule has 0 heterocycles. The summed E-state index contributed by atoms with van der Waals surface area (Å²) in [5.41, 5.74) is 0.706. The van der Waals surface area contributed by atoms with Gasteiger partial charge in [-0.05, 0) is 38.0 Å². The molecule has 1 atom stereocenters. The normalized spacial score (nSPS) is 17.1. The standard InChI is InChI=1S/C13H18BrFN2/c1-9(7-17-12-3-4-12)16-8-10-6-11(14)2-5-13(10)15/h2,5-6,9,12,16-17H,3-4,7-8H2,1H3. The highest BCUT2D eigenvalue weighted by Gasteiger charge is 2.20. The van der Waals surface area contributed by atoms with Crippen LogP contribution in [0.1, 0.15) is 25.3 Å². The van der Waals surface area contributed by atoms with Crippen molar-refractivity contribution < 1.29 is 4.39 Å². The van der Waals surface area contributed by atoms with Crippen LogP contribution in [0.4, 0.5) is 4.39 Å². The van der Waals surface area contributed by atoms with Gasteiger partial charge in [0.25, 0.3) is 0 Å². The van der Waals surface area contributed by atoms with Crippen LogP contribution in [0, 0.1) is 5.82 Å². The quantitative estimate of drug-likeness (QED) is 0.844. The molecule has 4 heteroatoms. The van der Waals surface area contributed by atoms with E-state index in [9.17, 15) is 4.39 Å². The van der Waals surface area contributed by atoms with Gasteiger partial charge >= 0.3 is 0 Å². The molecule has 17 heavy (non-hydrogen) atoms. The summed E-state index contributed by atoms with van der Waals surface area (Å²) in [6, 6.07) is 6.12. The Labute approximate surface area is 110 Å². The zero-order valence-corrected chi connectivity index (χ0v) is 11.6. The summed E-state index contributed by atoms with van der Waals surface area (Å²) in [5.74, 6) is -0.150. The van der Waals surface area contributed by atoms with Gasteiger partial charge in [0.2, 0.25) is 0 Å². The van der Waals surface area contributed by atoms with E-state index in [1.807, 2.05) is 6.07 Å². The Balaban J connectivity index is 1.77. The van der Waals surface area contributed by atoms with Gasteiger partial charge in [-0.1, -0.05) is 15.9 Å². The van der Waals surface area contributed by atoms with E-state index in [-0.39, 0.29) is 5.82 Å². The minimum absolute atomic E-state index is 0.150. The molecule has 1 unspecified atom stereocenters. The van der Waals surface area contributed by atoms with E-state index in [2.05, 4.69) is 33.5 Å². The van der Waals surface area contributed by atoms with Crippen LogP contribution >= 0.6 is 15.9 Å². The molecular weight excluding hydrogens is 283 g/mol. The van der Waals surface area contributed by atoms with Crippen LogP contribution in [-0.4, -0.2) is 18.6 Å². The first kappa shape index (κ1) is 13.0. The van der Waals surface area contributed by atoms with Crippen molar-refractivity contribution in [3.63, 3.8) is 0 Å². The third-order valence-electron chi connectivity index (χ3n) is 2.94. The number of rotatable bonds is 6. The fourth-order valence-corrected chi connectivity index (χ4v) is 2.07. The minimum Gasteiger partial charge on any atom is -0.312 e. The molecule has 1 fully saturated rings. The number of hydrogen-bond acceptors (Lipinski definition) is 2. The third kappa shape index (κ3) is 4.37. The molecule has 1 aromatic rings. The van der Waals surface area contributed by atoms with Crippen LogP contribution in [0.15, 0.2) is 22.7 Å². The fraction of sp³-hybridized carbons (Fsp3) is 0.538. The van der Waals surface area contributed by atoms with Gasteiger partial charge < -0.3 is 10.6 Å². The third-order valence-corrected chi connectivity index (χ3v) is 3.43. The number of hydrogen-bond donors (Lipinski definition) is 2. The van der Waals surface area contributed by atoms with Crippen molar-refractivity contribution in [1.82, 2.24) is 10.6 Å². The molecule has 2 rings (SSSR count). The maximum atomic E-state index is 13.5. The Morgan fingerprint density at radius 3 is 2.94 bits per heavy atom. The van der Waals surface area contributed by atoms with Crippen molar-refractivity contribution in [2.45, 2.75) is 38.4 Å². The number of halogens is 2. The molecule has 0 amide bonds. The van der Waals surface area contributed by atoms with Crippen molar-refractivity contribution in [3.8, 4) is 0 Å². The molecule has 0 bridgehead atoms. The SMILES string of the molecule is CC(CNC1CC1)NCc1cc(Br)ccc1F. The lowest BCUT2D eigenvalue weighted by Crippen LogP contribution is -2.36. The second-order valence-electron chi connectivity index (χ2n) is 4.70. The number of nitrogens with one attached hydrogen (secondary N) is 2. The maximum absolute atomic E-state index is 13.5. The lowest BCUT2D eigenvalue weighted by atomic mass is 10.2. The first-order valence-corrected chi connectivity index (χ1v) is 6.85. The topological polar surface area (TPSA) is 24.1 Å². The average Bonchev–Trinajstić information content (AvgIpc) is 3.11. The second kappa shape index (κ2) is 5.94. The average molecular weight is 301 g/mol. The van der Waals surface area contributed by atoms with Crippen LogP contribution in [0.25, 0.3) is 0 Å². The summed E-state index contributed by atoms with van der Waals surface area (Å²) in [4.78, 5) is 0. The molecule has 94 valence electrons. The van der Waals surface area contributed by atoms with Crippen LogP contribution in [-0.2, 0) is 6.54 Å². The Bertz CT molecular complexity index is 380. The molecule has 0 radical (unpaired) electrons. The molecule has 0 aromatic heterocycles. The van der Waals surface area contributed by atoms with Crippen molar-refractivity contribution in [3.05, 3.63) is 34.1 Å². The van der Waals surface area contributed by atoms with E-state index >= 15 is 0 Å². The zero-order valence-electron chi connectivity index (χ0n) is 9.97. The van der Waals surface area contributed by atoms with E-state index in [0.717, 1.165) is 17.1 Å². The van der Waals surface area contributed by atoms with Gasteiger partial charge in [0.15, 0.2) is 0 Å². The molecule has 2 nitrogen and oxygen atoms in total. The highest BCUT2D eigenvalue weighted by atomic mass is 79.9. The summed E-state index contributed by atoms with van der Waals surface area (Å²) in [5, 5.41) is 6.78. The minimum atomic E-state index is -0.150. The number of benzene rings is 1. The second-order valence-corrected chi connectivity index (χ2v) is 5.62. The van der Waals surface area contributed by atoms with Crippen LogP contribution in [0.2, 0.25) is 0 Å². The summed E-state index contributed by atoms with van der Waals surface area (Å²) in [7, 11) is 0. The van der Waals surface area contributed by atoms with Gasteiger partial charge in [0, 0.05) is 35.2 Å². The first-order valence-electron chi connectivity index (χ1n) is 6.06. The van der Waals surface area contributed by atoms with Gasteiger partial charge in [0.05, 0.1) is 0 Å². The van der Waals surface area contributed by atoms with Crippen LogP contribution in [0.5, 0.6) is 0 Å². The predicted molar refractivity (Wildman–Crippen MR) is 71.4 cm³/mol. The van der Waals surface area contributed by atoms with E-state index in [0.29, 0.717) is 18.2 Å². The Morgan fingerprint density at radius 1 is 1.47 bits per heavy atom. The lowest BCUT2D eigenvalue weighted by Gasteiger charge is -2.15. The molecule has 0 aliphatic heterocycles. The van der Waals surface area contributed by atoms with Gasteiger partial charge in [0.1, 0.15) is 5.82 Å². The highest BCUT2D eigenvalue weighted by Crippen LogP contribution is 2.18. The zero-order chi connectivity index (χ0) is 12.3. The van der Waals surface area contributed by atoms with Crippen molar-refractivity contribution >= 4 is 15.9 Å². The predicted octanol–water partition coefficient (Wildman–Crippen LogP) is 2.82. The molecule has 0 spiro atoms. The van der Waals surface area contributed by atoms with Crippen LogP contribution < -0.4 is 10.6 Å². The first-order chi connectivity index (χ1) is 8.15. The molecule has 1 aliphatic rings. The van der Waals surface area contributed by atoms with Crippen LogP contribution in [0.3, 0.4) is 0 Å². The van der Waals surface area contributed by atoms with E-state index in [1.54, 1.807) is 6.07 Å². The summed E-state index contributed by atoms with van der Waals surface area (Å²) in [6.45, 7) is 3.63. The lowest BCUT2D eigenvalue weighted by molar-refractivity contribution is 0.490. The highest BCUT2D eigenvalue weighted by molar-refractivity contribution is 9.10. The summed E-state index contributed by atoms with van der Waals surface area (Å²) < 4.78 is 14.4. The summed E-state index contributed by atoms with van der Waals surface area (Å²) >= 11 is 3.35. The molecular formula is C13H18BrFN2. The van der Waals surface area contributed by atoms with Gasteiger partial charge in [-0.25, -0.2) is 4.39 Å². The largest absolute Gasteiger partial charge is 0.312 e. The van der Waals surface area contributed by atoms with E-state index < -0.39 is 0 Å². The van der Waals surface area contributed by atoms with Gasteiger partial charge in [-0.2, -0.15) is 0 Å². The Kier molecular flexibility index (Phi) is 4.54. The maximum Gasteiger partial charge on any atom is 0.127 e. The molecule has 1 aliphatic carbocycles. The van der Waals surface area contributed by atoms with Crippen molar-refractivity contribution in [2.75, 3.05) is 6.54 Å². The Hall–Kier alpha value is -0.450. The van der Waals surface area contributed by atoms with Crippen molar-refractivity contribution in [2.24, 2.45) is 0 Å².